The normalized spacial score (nSPS) is 7.90. The summed E-state index contributed by atoms with van der Waals surface area (Å²) in [5.74, 6) is 0. The van der Waals surface area contributed by atoms with E-state index in [4.69, 9.17) is 0 Å². The summed E-state index contributed by atoms with van der Waals surface area (Å²) < 4.78 is 0. The predicted octanol–water partition coefficient (Wildman–Crippen LogP) is 2.29. The molecule has 0 N–H and O–H groups in total. The zero-order valence-corrected chi connectivity index (χ0v) is 7.23. The van der Waals surface area contributed by atoms with Crippen molar-refractivity contribution in [3.63, 3.8) is 0 Å². The van der Waals surface area contributed by atoms with Gasteiger partial charge in [0.25, 0.3) is 0 Å². The molecule has 0 saturated carbocycles. The molecule has 56 valence electrons. The molecule has 0 fully saturated rings. The maximum atomic E-state index is 9.96. The lowest BCUT2D eigenvalue weighted by molar-refractivity contribution is 0.111. The van der Waals surface area contributed by atoms with E-state index in [1.807, 2.05) is 20.8 Å². The van der Waals surface area contributed by atoms with Crippen LogP contribution in [0.15, 0.2) is 5.38 Å². The summed E-state index contributed by atoms with van der Waals surface area (Å²) in [5.41, 5.74) is 0.535. The molecule has 3 heteroatoms. The lowest BCUT2D eigenvalue weighted by Gasteiger charge is -1.70. The van der Waals surface area contributed by atoms with Gasteiger partial charge in [-0.05, 0) is 6.92 Å². The van der Waals surface area contributed by atoms with Gasteiger partial charge >= 0.3 is 0 Å². The first kappa shape index (κ1) is 9.30. The van der Waals surface area contributed by atoms with E-state index in [1.54, 1.807) is 5.38 Å². The van der Waals surface area contributed by atoms with E-state index in [-0.39, 0.29) is 0 Å². The van der Waals surface area contributed by atoms with Gasteiger partial charge in [-0.2, -0.15) is 0 Å². The number of aryl methyl sites for hydroxylation is 1. The monoisotopic (exact) mass is 157 g/mol. The molecule has 2 nitrogen and oxygen atoms in total. The van der Waals surface area contributed by atoms with Crippen LogP contribution < -0.4 is 0 Å². The largest absolute Gasteiger partial charge is 0.296 e. The smallest absolute Gasteiger partial charge is 0.169 e. The van der Waals surface area contributed by atoms with Crippen molar-refractivity contribution in [3.8, 4) is 0 Å². The van der Waals surface area contributed by atoms with E-state index < -0.39 is 0 Å². The molecule has 1 aromatic heterocycles. The molecule has 0 unspecified atom stereocenters. The number of rotatable bonds is 1. The zero-order valence-electron chi connectivity index (χ0n) is 6.42. The Kier molecular flexibility index (Phi) is 4.76. The first-order chi connectivity index (χ1) is 4.83. The minimum absolute atomic E-state index is 0.535. The lowest BCUT2D eigenvalue weighted by Crippen LogP contribution is -1.75. The van der Waals surface area contributed by atoms with Crippen molar-refractivity contribution in [2.75, 3.05) is 0 Å². The molecular formula is C7H11NOS. The number of hydrogen-bond donors (Lipinski definition) is 0. The molecule has 1 rings (SSSR count). The summed E-state index contributed by atoms with van der Waals surface area (Å²) in [5, 5.41) is 2.68. The Morgan fingerprint density at radius 2 is 2.20 bits per heavy atom. The zero-order chi connectivity index (χ0) is 7.98. The van der Waals surface area contributed by atoms with Gasteiger partial charge < -0.3 is 0 Å². The number of nitrogens with zero attached hydrogens (tertiary/aromatic N) is 1. The van der Waals surface area contributed by atoms with E-state index >= 15 is 0 Å². The SMILES string of the molecule is CC.Cc1nc(C=O)cs1. The average molecular weight is 157 g/mol. The second-order valence-corrected chi connectivity index (χ2v) is 2.47. The molecule has 0 aliphatic rings. The quantitative estimate of drug-likeness (QED) is 0.585. The van der Waals surface area contributed by atoms with Crippen LogP contribution in [0, 0.1) is 6.92 Å². The highest BCUT2D eigenvalue weighted by atomic mass is 32.1. The minimum Gasteiger partial charge on any atom is -0.296 e. The Hall–Kier alpha value is -0.700. The summed E-state index contributed by atoms with van der Waals surface area (Å²) in [4.78, 5) is 13.8. The first-order valence-corrected chi connectivity index (χ1v) is 4.08. The molecular weight excluding hydrogens is 146 g/mol. The summed E-state index contributed by atoms with van der Waals surface area (Å²) in [7, 11) is 0. The van der Waals surface area contributed by atoms with Crippen LogP contribution in [0.25, 0.3) is 0 Å². The molecule has 0 aromatic carbocycles. The third kappa shape index (κ3) is 2.73. The average Bonchev–Trinajstić information content (AvgIpc) is 2.40. The number of aromatic nitrogens is 1. The third-order valence-electron chi connectivity index (χ3n) is 0.758. The van der Waals surface area contributed by atoms with Gasteiger partial charge in [0, 0.05) is 5.38 Å². The fraction of sp³-hybridized carbons (Fsp3) is 0.429. The van der Waals surface area contributed by atoms with E-state index in [0.717, 1.165) is 11.3 Å². The molecule has 0 amide bonds. The second-order valence-electron chi connectivity index (χ2n) is 1.41. The van der Waals surface area contributed by atoms with Gasteiger partial charge in [-0.25, -0.2) is 4.98 Å². The summed E-state index contributed by atoms with van der Waals surface area (Å²) in [6.45, 7) is 5.87. The molecule has 0 aliphatic carbocycles. The highest BCUT2D eigenvalue weighted by Crippen LogP contribution is 2.04. The van der Waals surface area contributed by atoms with Crippen LogP contribution in [0.2, 0.25) is 0 Å². The van der Waals surface area contributed by atoms with Gasteiger partial charge in [0.2, 0.25) is 0 Å². The van der Waals surface area contributed by atoms with Crippen LogP contribution in [-0.2, 0) is 0 Å². The molecule has 10 heavy (non-hydrogen) atoms. The van der Waals surface area contributed by atoms with Crippen LogP contribution in [0.4, 0.5) is 0 Å². The molecule has 0 atom stereocenters. The molecule has 1 heterocycles. The van der Waals surface area contributed by atoms with Crippen molar-refractivity contribution < 1.29 is 4.79 Å². The third-order valence-corrected chi connectivity index (χ3v) is 1.55. The summed E-state index contributed by atoms with van der Waals surface area (Å²) >= 11 is 1.49. The van der Waals surface area contributed by atoms with Gasteiger partial charge in [0.15, 0.2) is 6.29 Å². The highest BCUT2D eigenvalue weighted by Gasteiger charge is 1.91. The van der Waals surface area contributed by atoms with Gasteiger partial charge in [0.1, 0.15) is 5.69 Å². The number of thiazole rings is 1. The summed E-state index contributed by atoms with van der Waals surface area (Å²) in [6.07, 6.45) is 0.753. The number of carbonyl (C=O) groups is 1. The maximum Gasteiger partial charge on any atom is 0.169 e. The van der Waals surface area contributed by atoms with Crippen LogP contribution in [0.3, 0.4) is 0 Å². The maximum absolute atomic E-state index is 9.96. The fourth-order valence-corrected chi connectivity index (χ4v) is 0.992. The lowest BCUT2D eigenvalue weighted by atomic mass is 10.6. The topological polar surface area (TPSA) is 30.0 Å². The van der Waals surface area contributed by atoms with E-state index in [0.29, 0.717) is 5.69 Å². The summed E-state index contributed by atoms with van der Waals surface area (Å²) in [6, 6.07) is 0. The number of aldehydes is 1. The highest BCUT2D eigenvalue weighted by molar-refractivity contribution is 7.09. The Labute approximate surface area is 64.9 Å². The van der Waals surface area contributed by atoms with Gasteiger partial charge in [0.05, 0.1) is 5.01 Å². The Bertz CT molecular complexity index is 195. The number of carbonyl (C=O) groups excluding carboxylic acids is 1. The van der Waals surface area contributed by atoms with Crippen molar-refractivity contribution in [1.29, 1.82) is 0 Å². The molecule has 0 bridgehead atoms. The van der Waals surface area contributed by atoms with Crippen molar-refractivity contribution in [3.05, 3.63) is 16.1 Å². The van der Waals surface area contributed by atoms with Crippen molar-refractivity contribution in [1.82, 2.24) is 4.98 Å². The molecule has 0 aliphatic heterocycles. The van der Waals surface area contributed by atoms with E-state index in [9.17, 15) is 4.79 Å². The van der Waals surface area contributed by atoms with Crippen LogP contribution >= 0.6 is 11.3 Å². The van der Waals surface area contributed by atoms with Gasteiger partial charge in [-0.15, -0.1) is 11.3 Å². The van der Waals surface area contributed by atoms with Gasteiger partial charge in [-0.3, -0.25) is 4.79 Å². The van der Waals surface area contributed by atoms with Gasteiger partial charge in [-0.1, -0.05) is 13.8 Å². The first-order valence-electron chi connectivity index (χ1n) is 3.20. The molecule has 0 spiro atoms. The fourth-order valence-electron chi connectivity index (χ4n) is 0.434. The van der Waals surface area contributed by atoms with E-state index in [2.05, 4.69) is 4.98 Å². The van der Waals surface area contributed by atoms with Crippen LogP contribution in [-0.4, -0.2) is 11.3 Å². The Morgan fingerprint density at radius 3 is 2.40 bits per heavy atom. The standard InChI is InChI=1S/C5H5NOS.C2H6/c1-4-6-5(2-7)3-8-4;1-2/h2-3H,1H3;1-2H3. The van der Waals surface area contributed by atoms with Crippen molar-refractivity contribution in [2.45, 2.75) is 20.8 Å². The number of hydrogen-bond acceptors (Lipinski definition) is 3. The Balaban J connectivity index is 0.000000371. The van der Waals surface area contributed by atoms with Crippen LogP contribution in [0.1, 0.15) is 29.3 Å². The van der Waals surface area contributed by atoms with Crippen molar-refractivity contribution >= 4 is 17.6 Å². The minimum atomic E-state index is 0.535. The predicted molar refractivity (Wildman–Crippen MR) is 43.6 cm³/mol. The van der Waals surface area contributed by atoms with E-state index in [1.165, 1.54) is 11.3 Å². The van der Waals surface area contributed by atoms with Crippen molar-refractivity contribution in [2.24, 2.45) is 0 Å². The molecule has 0 saturated heterocycles. The second kappa shape index (κ2) is 5.11. The molecule has 0 radical (unpaired) electrons. The molecule has 1 aromatic rings. The Morgan fingerprint density at radius 1 is 1.60 bits per heavy atom. The van der Waals surface area contributed by atoms with Crippen LogP contribution in [0.5, 0.6) is 0 Å².